The SMILES string of the molecule is C=C(C)C1=CN(S(=O)(=O)c2ccc(C)cc2)C/C1=C\c1ccccc1. The summed E-state index contributed by atoms with van der Waals surface area (Å²) in [6.45, 7) is 8.14. The van der Waals surface area contributed by atoms with Crippen molar-refractivity contribution in [3.63, 3.8) is 0 Å². The fourth-order valence-electron chi connectivity index (χ4n) is 2.78. The Labute approximate surface area is 149 Å². The summed E-state index contributed by atoms with van der Waals surface area (Å²) in [5, 5.41) is 0. The van der Waals surface area contributed by atoms with Crippen molar-refractivity contribution in [3.8, 4) is 0 Å². The van der Waals surface area contributed by atoms with Crippen molar-refractivity contribution < 1.29 is 8.42 Å². The van der Waals surface area contributed by atoms with Crippen LogP contribution in [0.15, 0.2) is 89.0 Å². The van der Waals surface area contributed by atoms with Crippen molar-refractivity contribution in [3.05, 3.63) is 95.2 Å². The third kappa shape index (κ3) is 3.59. The van der Waals surface area contributed by atoms with E-state index in [-0.39, 0.29) is 0 Å². The first-order chi connectivity index (χ1) is 11.9. The Bertz CT molecular complexity index is 953. The van der Waals surface area contributed by atoms with E-state index in [4.69, 9.17) is 0 Å². The Balaban J connectivity index is 1.98. The maximum absolute atomic E-state index is 12.9. The lowest BCUT2D eigenvalue weighted by Crippen LogP contribution is -2.24. The predicted octanol–water partition coefficient (Wildman–Crippen LogP) is 4.54. The predicted molar refractivity (Wildman–Crippen MR) is 102 cm³/mol. The van der Waals surface area contributed by atoms with Gasteiger partial charge in [-0.25, -0.2) is 8.42 Å². The molecule has 0 N–H and O–H groups in total. The molecule has 3 nitrogen and oxygen atoms in total. The van der Waals surface area contributed by atoms with E-state index in [9.17, 15) is 8.42 Å². The van der Waals surface area contributed by atoms with Crippen molar-refractivity contribution in [2.24, 2.45) is 0 Å². The molecular weight excluding hydrogens is 330 g/mol. The number of aryl methyl sites for hydroxylation is 1. The van der Waals surface area contributed by atoms with Crippen molar-refractivity contribution in [2.75, 3.05) is 6.54 Å². The molecule has 1 heterocycles. The number of nitrogens with zero attached hydrogens (tertiary/aromatic N) is 1. The second-order valence-electron chi connectivity index (χ2n) is 6.27. The highest BCUT2D eigenvalue weighted by atomic mass is 32.2. The molecule has 0 spiro atoms. The van der Waals surface area contributed by atoms with Crippen molar-refractivity contribution >= 4 is 16.1 Å². The van der Waals surface area contributed by atoms with Gasteiger partial charge in [-0.2, -0.15) is 0 Å². The van der Waals surface area contributed by atoms with Gasteiger partial charge in [0, 0.05) is 6.20 Å². The fourth-order valence-corrected chi connectivity index (χ4v) is 4.09. The number of hydrogen-bond donors (Lipinski definition) is 0. The molecule has 0 fully saturated rings. The van der Waals surface area contributed by atoms with Gasteiger partial charge in [-0.15, -0.1) is 0 Å². The lowest BCUT2D eigenvalue weighted by molar-refractivity contribution is 0.527. The molecule has 0 unspecified atom stereocenters. The minimum absolute atomic E-state index is 0.302. The molecular formula is C21H21NO2S. The summed E-state index contributed by atoms with van der Waals surface area (Å²) < 4.78 is 27.3. The van der Waals surface area contributed by atoms with Gasteiger partial charge in [0.1, 0.15) is 0 Å². The van der Waals surface area contributed by atoms with E-state index in [1.165, 1.54) is 4.31 Å². The number of allylic oxidation sites excluding steroid dienone is 1. The summed E-state index contributed by atoms with van der Waals surface area (Å²) in [5.41, 5.74) is 4.75. The highest BCUT2D eigenvalue weighted by Crippen LogP contribution is 2.32. The average Bonchev–Trinajstić information content (AvgIpc) is 3.01. The quantitative estimate of drug-likeness (QED) is 0.811. The van der Waals surface area contributed by atoms with Crippen LogP contribution in [0, 0.1) is 6.92 Å². The van der Waals surface area contributed by atoms with Gasteiger partial charge in [0.2, 0.25) is 0 Å². The first-order valence-corrected chi connectivity index (χ1v) is 9.54. The second-order valence-corrected chi connectivity index (χ2v) is 8.16. The van der Waals surface area contributed by atoms with Crippen molar-refractivity contribution in [2.45, 2.75) is 18.7 Å². The van der Waals surface area contributed by atoms with Crippen molar-refractivity contribution in [1.82, 2.24) is 4.31 Å². The molecule has 0 atom stereocenters. The van der Waals surface area contributed by atoms with Crippen LogP contribution in [0.25, 0.3) is 6.08 Å². The summed E-state index contributed by atoms with van der Waals surface area (Å²) >= 11 is 0. The Morgan fingerprint density at radius 2 is 1.72 bits per heavy atom. The highest BCUT2D eigenvalue weighted by molar-refractivity contribution is 7.89. The smallest absolute Gasteiger partial charge is 0.264 e. The first kappa shape index (κ1) is 17.2. The molecule has 0 radical (unpaired) electrons. The van der Waals surface area contributed by atoms with E-state index in [1.54, 1.807) is 18.3 Å². The van der Waals surface area contributed by atoms with Gasteiger partial charge in [0.25, 0.3) is 10.0 Å². The Hall–Kier alpha value is -2.59. The molecule has 1 aliphatic rings. The summed E-state index contributed by atoms with van der Waals surface area (Å²) in [5.74, 6) is 0. The number of benzene rings is 2. The Morgan fingerprint density at radius 3 is 2.32 bits per heavy atom. The number of rotatable bonds is 4. The maximum Gasteiger partial charge on any atom is 0.264 e. The van der Waals surface area contributed by atoms with Crippen LogP contribution in [0.2, 0.25) is 0 Å². The van der Waals surface area contributed by atoms with Crippen LogP contribution in [-0.4, -0.2) is 19.3 Å². The molecule has 1 aliphatic heterocycles. The van der Waals surface area contributed by atoms with Crippen LogP contribution in [0.4, 0.5) is 0 Å². The van der Waals surface area contributed by atoms with E-state index in [1.807, 2.05) is 62.4 Å². The Morgan fingerprint density at radius 1 is 1.08 bits per heavy atom. The molecule has 25 heavy (non-hydrogen) atoms. The molecule has 3 rings (SSSR count). The van der Waals surface area contributed by atoms with Gasteiger partial charge >= 0.3 is 0 Å². The molecule has 0 aliphatic carbocycles. The zero-order valence-electron chi connectivity index (χ0n) is 14.4. The van der Waals surface area contributed by atoms with E-state index in [0.717, 1.165) is 27.8 Å². The molecule has 2 aromatic carbocycles. The molecule has 4 heteroatoms. The zero-order chi connectivity index (χ0) is 18.0. The monoisotopic (exact) mass is 351 g/mol. The number of sulfonamides is 1. The van der Waals surface area contributed by atoms with Gasteiger partial charge in [-0.05, 0) is 54.3 Å². The summed E-state index contributed by atoms with van der Waals surface area (Å²) in [7, 11) is -3.57. The lowest BCUT2D eigenvalue weighted by atomic mass is 10.0. The van der Waals surface area contributed by atoms with Gasteiger partial charge < -0.3 is 0 Å². The average molecular weight is 351 g/mol. The van der Waals surface area contributed by atoms with Gasteiger partial charge in [-0.3, -0.25) is 4.31 Å². The minimum atomic E-state index is -3.57. The summed E-state index contributed by atoms with van der Waals surface area (Å²) in [4.78, 5) is 0.302. The largest absolute Gasteiger partial charge is 0.268 e. The molecule has 0 amide bonds. The maximum atomic E-state index is 12.9. The van der Waals surface area contributed by atoms with Crippen LogP contribution in [-0.2, 0) is 10.0 Å². The standard InChI is InChI=1S/C21H21NO2S/c1-16(2)21-15-22(14-19(21)13-18-7-5-4-6-8-18)25(23,24)20-11-9-17(3)10-12-20/h4-13,15H,1,14H2,2-3H3/b19-13+. The second kappa shape index (κ2) is 6.73. The Kier molecular flexibility index (Phi) is 4.64. The van der Waals surface area contributed by atoms with E-state index < -0.39 is 10.0 Å². The zero-order valence-corrected chi connectivity index (χ0v) is 15.3. The normalized spacial score (nSPS) is 16.2. The van der Waals surface area contributed by atoms with Gasteiger partial charge in [-0.1, -0.05) is 54.6 Å². The topological polar surface area (TPSA) is 37.4 Å². The molecule has 0 saturated carbocycles. The van der Waals surface area contributed by atoms with Crippen LogP contribution in [0.3, 0.4) is 0 Å². The lowest BCUT2D eigenvalue weighted by Gasteiger charge is -2.16. The van der Waals surface area contributed by atoms with Crippen LogP contribution in [0.1, 0.15) is 18.1 Å². The summed E-state index contributed by atoms with van der Waals surface area (Å²) in [6.07, 6.45) is 3.71. The molecule has 0 aromatic heterocycles. The molecule has 128 valence electrons. The van der Waals surface area contributed by atoms with Gasteiger partial charge in [0.05, 0.1) is 11.4 Å². The third-order valence-electron chi connectivity index (χ3n) is 4.17. The molecule has 0 saturated heterocycles. The van der Waals surface area contributed by atoms with E-state index in [2.05, 4.69) is 6.58 Å². The van der Waals surface area contributed by atoms with Crippen LogP contribution in [0.5, 0.6) is 0 Å². The fraction of sp³-hybridized carbons (Fsp3) is 0.143. The highest BCUT2D eigenvalue weighted by Gasteiger charge is 2.29. The first-order valence-electron chi connectivity index (χ1n) is 8.10. The minimum Gasteiger partial charge on any atom is -0.268 e. The van der Waals surface area contributed by atoms with Gasteiger partial charge in [0.15, 0.2) is 0 Å². The van der Waals surface area contributed by atoms with Crippen LogP contribution >= 0.6 is 0 Å². The molecule has 2 aromatic rings. The summed E-state index contributed by atoms with van der Waals surface area (Å²) in [6, 6.07) is 16.8. The third-order valence-corrected chi connectivity index (χ3v) is 5.89. The van der Waals surface area contributed by atoms with E-state index >= 15 is 0 Å². The van der Waals surface area contributed by atoms with E-state index in [0.29, 0.717) is 11.4 Å². The van der Waals surface area contributed by atoms with Crippen molar-refractivity contribution in [1.29, 1.82) is 0 Å². The molecule has 0 bridgehead atoms. The number of hydrogen-bond acceptors (Lipinski definition) is 2. The van der Waals surface area contributed by atoms with Crippen LogP contribution < -0.4 is 0 Å².